The molecule has 0 amide bonds. The zero-order valence-electron chi connectivity index (χ0n) is 31.8. The second-order valence-electron chi connectivity index (χ2n) is 17.3. The molecular formula is C41H62O12. The van der Waals surface area contributed by atoms with Gasteiger partial charge in [0.1, 0.15) is 36.3 Å². The van der Waals surface area contributed by atoms with E-state index in [0.29, 0.717) is 19.3 Å². The molecule has 0 aromatic rings. The number of hydrogen-bond donors (Lipinski definition) is 2. The highest BCUT2D eigenvalue weighted by molar-refractivity contribution is 5.79. The van der Waals surface area contributed by atoms with Crippen LogP contribution in [0.1, 0.15) is 90.4 Å². The van der Waals surface area contributed by atoms with Crippen molar-refractivity contribution in [3.05, 3.63) is 24.3 Å². The summed E-state index contributed by atoms with van der Waals surface area (Å²) >= 11 is 0. The van der Waals surface area contributed by atoms with Crippen molar-refractivity contribution in [2.75, 3.05) is 20.8 Å². The molecule has 8 aliphatic heterocycles. The van der Waals surface area contributed by atoms with Crippen LogP contribution in [0.2, 0.25) is 0 Å². The summed E-state index contributed by atoms with van der Waals surface area (Å²) in [5, 5.41) is 20.1. The van der Waals surface area contributed by atoms with Crippen LogP contribution in [-0.4, -0.2) is 141 Å². The first kappa shape index (κ1) is 38.6. The van der Waals surface area contributed by atoms with Gasteiger partial charge in [0.25, 0.3) is 0 Å². The molecule has 8 fully saturated rings. The first-order valence-electron chi connectivity index (χ1n) is 20.4. The Hall–Kier alpha value is -1.29. The summed E-state index contributed by atoms with van der Waals surface area (Å²) < 4.78 is 59.1. The number of ketones is 1. The van der Waals surface area contributed by atoms with Crippen molar-refractivity contribution in [3.63, 3.8) is 0 Å². The Bertz CT molecular complexity index is 1330. The van der Waals surface area contributed by atoms with E-state index in [1.807, 2.05) is 0 Å². The van der Waals surface area contributed by atoms with Crippen molar-refractivity contribution in [3.8, 4) is 0 Å². The van der Waals surface area contributed by atoms with Gasteiger partial charge in [0, 0.05) is 52.2 Å². The van der Waals surface area contributed by atoms with Crippen LogP contribution < -0.4 is 0 Å². The molecule has 8 heterocycles. The van der Waals surface area contributed by atoms with E-state index < -0.39 is 18.3 Å². The molecule has 0 spiro atoms. The smallest absolute Gasteiger partial charge is 0.135 e. The summed E-state index contributed by atoms with van der Waals surface area (Å²) in [6, 6.07) is 0. The summed E-state index contributed by atoms with van der Waals surface area (Å²) in [6.07, 6.45) is 4.22. The minimum atomic E-state index is -0.953. The lowest BCUT2D eigenvalue weighted by Crippen LogP contribution is -2.63. The molecule has 0 radical (unpaired) electrons. The summed E-state index contributed by atoms with van der Waals surface area (Å²) in [5.41, 5.74) is 2.19. The zero-order valence-corrected chi connectivity index (χ0v) is 31.8. The second kappa shape index (κ2) is 16.3. The molecule has 0 aromatic carbocycles. The molecule has 8 rings (SSSR count). The quantitative estimate of drug-likeness (QED) is 0.396. The van der Waals surface area contributed by atoms with Gasteiger partial charge < -0.3 is 52.8 Å². The molecule has 10 bridgehead atoms. The highest BCUT2D eigenvalue weighted by Crippen LogP contribution is 2.47. The van der Waals surface area contributed by atoms with Crippen molar-refractivity contribution in [1.29, 1.82) is 0 Å². The number of carbonyl (C=O) groups excluding carboxylic acids is 1. The van der Waals surface area contributed by atoms with Crippen molar-refractivity contribution >= 4 is 5.78 Å². The number of methoxy groups -OCH3 is 2. The highest BCUT2D eigenvalue weighted by Gasteiger charge is 2.61. The fraction of sp³-hybridized carbons (Fsp3) is 0.878. The maximum atomic E-state index is 14.1. The van der Waals surface area contributed by atoms with E-state index in [2.05, 4.69) is 20.1 Å². The van der Waals surface area contributed by atoms with Gasteiger partial charge in [-0.2, -0.15) is 0 Å². The SMILES string of the molecule is C=C1CC2CC[C@H]3C[C@H]4OC5C(O3)C3OC(CC[C@@H]3OC5C4OC)CC(=O)CC3[C@H](C[C@H]4O[C@@H](CC[C@@H]1O2)C[C@@H](C)C4=C)O[C@H](CC(O)CO)[C@@H]3OC. The molecule has 298 valence electrons. The van der Waals surface area contributed by atoms with Gasteiger partial charge in [-0.25, -0.2) is 0 Å². The number of hydrogen-bond acceptors (Lipinski definition) is 12. The van der Waals surface area contributed by atoms with Crippen molar-refractivity contribution < 1.29 is 57.6 Å². The number of rotatable bonds is 5. The Labute approximate surface area is 314 Å². The Kier molecular flexibility index (Phi) is 11.9. The Morgan fingerprint density at radius 2 is 1.34 bits per heavy atom. The Morgan fingerprint density at radius 1 is 0.679 bits per heavy atom. The molecule has 0 aliphatic carbocycles. The lowest BCUT2D eigenvalue weighted by atomic mass is 9.81. The summed E-state index contributed by atoms with van der Waals surface area (Å²) in [5.74, 6) is 0.0790. The largest absolute Gasteiger partial charge is 0.394 e. The van der Waals surface area contributed by atoms with Gasteiger partial charge in [0.15, 0.2) is 0 Å². The molecule has 2 N–H and O–H groups in total. The molecule has 12 heteroatoms. The summed E-state index contributed by atoms with van der Waals surface area (Å²) in [7, 11) is 3.37. The third-order valence-corrected chi connectivity index (χ3v) is 13.8. The van der Waals surface area contributed by atoms with Crippen molar-refractivity contribution in [1.82, 2.24) is 0 Å². The van der Waals surface area contributed by atoms with Crippen LogP contribution in [0.3, 0.4) is 0 Å². The van der Waals surface area contributed by atoms with E-state index in [1.165, 1.54) is 0 Å². The maximum Gasteiger partial charge on any atom is 0.135 e. The van der Waals surface area contributed by atoms with Crippen LogP contribution >= 0.6 is 0 Å². The van der Waals surface area contributed by atoms with Gasteiger partial charge in [-0.3, -0.25) is 4.79 Å². The summed E-state index contributed by atoms with van der Waals surface area (Å²) in [4.78, 5) is 14.1. The van der Waals surface area contributed by atoms with Gasteiger partial charge in [-0.05, 0) is 68.4 Å². The number of aliphatic hydroxyl groups excluding tert-OH is 2. The maximum absolute atomic E-state index is 14.1. The fourth-order valence-corrected chi connectivity index (χ4v) is 11.0. The van der Waals surface area contributed by atoms with Crippen LogP contribution in [0, 0.1) is 11.8 Å². The predicted molar refractivity (Wildman–Crippen MR) is 191 cm³/mol. The topological polar surface area (TPSA) is 141 Å². The highest BCUT2D eigenvalue weighted by atomic mass is 16.7. The zero-order chi connectivity index (χ0) is 37.0. The van der Waals surface area contributed by atoms with Crippen LogP contribution in [0.5, 0.6) is 0 Å². The van der Waals surface area contributed by atoms with Crippen LogP contribution in [0.4, 0.5) is 0 Å². The molecule has 12 nitrogen and oxygen atoms in total. The van der Waals surface area contributed by atoms with Crippen LogP contribution in [-0.2, 0) is 47.4 Å². The number of ether oxygens (including phenoxy) is 9. The van der Waals surface area contributed by atoms with Gasteiger partial charge in [-0.1, -0.05) is 20.1 Å². The normalized spacial score (nSPS) is 49.6. The summed E-state index contributed by atoms with van der Waals surface area (Å²) in [6.45, 7) is 10.7. The van der Waals surface area contributed by atoms with E-state index >= 15 is 0 Å². The molecule has 9 unspecified atom stereocenters. The lowest BCUT2D eigenvalue weighted by Gasteiger charge is -2.49. The average Bonchev–Trinajstić information content (AvgIpc) is 3.73. The van der Waals surface area contributed by atoms with E-state index in [9.17, 15) is 15.0 Å². The molecule has 0 aromatic heterocycles. The van der Waals surface area contributed by atoms with E-state index in [-0.39, 0.29) is 129 Å². The minimum absolute atomic E-state index is 0.00748. The van der Waals surface area contributed by atoms with Gasteiger partial charge in [-0.15, -0.1) is 0 Å². The van der Waals surface area contributed by atoms with E-state index in [0.717, 1.165) is 56.1 Å². The van der Waals surface area contributed by atoms with Crippen LogP contribution in [0.25, 0.3) is 0 Å². The Balaban J connectivity index is 1.06. The van der Waals surface area contributed by atoms with E-state index in [4.69, 9.17) is 42.6 Å². The molecule has 19 atom stereocenters. The lowest BCUT2D eigenvalue weighted by molar-refractivity contribution is -0.273. The van der Waals surface area contributed by atoms with Gasteiger partial charge in [0.05, 0.1) is 79.9 Å². The fourth-order valence-electron chi connectivity index (χ4n) is 11.0. The van der Waals surface area contributed by atoms with Gasteiger partial charge >= 0.3 is 0 Å². The molecular weight excluding hydrogens is 684 g/mol. The number of fused-ring (bicyclic) bond motifs is 8. The molecule has 53 heavy (non-hydrogen) atoms. The standard InChI is InChI=1S/C41H62O12/c1-20-12-26-8-10-30-21(2)13-25(47-30)6-7-28-17-35-37(46-5)39-41(53-35)40(50-28)38-31(52-39)11-9-27(49-38)14-23(43)15-29-33(18-32(48-26)22(20)3)51-34(36(29)45-4)16-24(44)19-42/h20,24-42,44H,2-3,6-19H2,1,4-5H3/t20-,24?,25?,26+,27?,28+,29?,30+,31+,32-,33+,34-,35-,36-,37?,38?,39?,40?,41?/m1/s1. The predicted octanol–water partition coefficient (Wildman–Crippen LogP) is 3.76. The number of Topliss-reactive ketones (excluding diaryl/α,β-unsaturated/α-hetero) is 1. The molecule has 8 aliphatic rings. The minimum Gasteiger partial charge on any atom is -0.394 e. The first-order valence-corrected chi connectivity index (χ1v) is 20.4. The van der Waals surface area contributed by atoms with Crippen molar-refractivity contribution in [2.24, 2.45) is 11.8 Å². The Morgan fingerprint density at radius 3 is 2.13 bits per heavy atom. The number of aliphatic hydroxyl groups is 2. The molecule has 8 saturated heterocycles. The average molecular weight is 747 g/mol. The van der Waals surface area contributed by atoms with Gasteiger partial charge in [0.2, 0.25) is 0 Å². The van der Waals surface area contributed by atoms with Crippen molar-refractivity contribution in [2.45, 2.75) is 194 Å². The van der Waals surface area contributed by atoms with E-state index in [1.54, 1.807) is 14.2 Å². The molecule has 0 saturated carbocycles. The monoisotopic (exact) mass is 746 g/mol. The second-order valence-corrected chi connectivity index (χ2v) is 17.3. The third-order valence-electron chi connectivity index (χ3n) is 13.8. The third kappa shape index (κ3) is 7.86. The number of carbonyl (C=O) groups is 1. The first-order chi connectivity index (χ1) is 25.6. The van der Waals surface area contributed by atoms with Crippen LogP contribution in [0.15, 0.2) is 24.3 Å².